The van der Waals surface area contributed by atoms with Gasteiger partial charge in [0.05, 0.1) is 11.1 Å². The molecule has 26 heavy (non-hydrogen) atoms. The highest BCUT2D eigenvalue weighted by molar-refractivity contribution is 8.01. The van der Waals surface area contributed by atoms with Crippen molar-refractivity contribution in [2.45, 2.75) is 42.6 Å². The number of carbonyl (C=O) groups is 1. The van der Waals surface area contributed by atoms with Gasteiger partial charge >= 0.3 is 18.3 Å². The summed E-state index contributed by atoms with van der Waals surface area (Å²) >= 11 is 1.18. The minimum absolute atomic E-state index is 0.127. The van der Waals surface area contributed by atoms with E-state index in [-0.39, 0.29) is 30.1 Å². The summed E-state index contributed by atoms with van der Waals surface area (Å²) in [5.41, 5.74) is -2.99. The van der Waals surface area contributed by atoms with Gasteiger partial charge in [0.15, 0.2) is 0 Å². The Morgan fingerprint density at radius 2 is 1.92 bits per heavy atom. The van der Waals surface area contributed by atoms with E-state index in [1.807, 2.05) is 0 Å². The number of carboxylic acid groups (broad SMARTS) is 1. The van der Waals surface area contributed by atoms with Gasteiger partial charge in [0.1, 0.15) is 5.25 Å². The summed E-state index contributed by atoms with van der Waals surface area (Å²) in [6, 6.07) is 1.60. The lowest BCUT2D eigenvalue weighted by Crippen LogP contribution is -2.26. The van der Waals surface area contributed by atoms with Gasteiger partial charge in [-0.25, -0.2) is 0 Å². The first-order chi connectivity index (χ1) is 11.9. The van der Waals surface area contributed by atoms with E-state index in [0.717, 1.165) is 6.07 Å². The first-order valence-electron chi connectivity index (χ1n) is 7.85. The van der Waals surface area contributed by atoms with Crippen molar-refractivity contribution in [1.82, 2.24) is 0 Å². The number of thioether (sulfide) groups is 1. The lowest BCUT2D eigenvalue weighted by atomic mass is 10.1. The quantitative estimate of drug-likeness (QED) is 0.713. The fourth-order valence-corrected chi connectivity index (χ4v) is 4.12. The van der Waals surface area contributed by atoms with Crippen LogP contribution in [0.3, 0.4) is 0 Å². The minimum Gasteiger partial charge on any atom is -0.480 e. The zero-order valence-corrected chi connectivity index (χ0v) is 14.5. The monoisotopic (exact) mass is 401 g/mol. The van der Waals surface area contributed by atoms with Gasteiger partial charge in [0.2, 0.25) is 0 Å². The Morgan fingerprint density at radius 1 is 1.27 bits per heavy atom. The molecule has 0 saturated carbocycles. The highest BCUT2D eigenvalue weighted by Crippen LogP contribution is 2.42. The van der Waals surface area contributed by atoms with Crippen LogP contribution in [0.25, 0.3) is 0 Å². The Hall–Kier alpha value is -1.58. The molecule has 146 valence electrons. The largest absolute Gasteiger partial charge is 0.480 e. The molecule has 1 saturated heterocycles. The van der Waals surface area contributed by atoms with E-state index in [0.29, 0.717) is 18.9 Å². The molecule has 0 amide bonds. The number of nitrogens with zero attached hydrogens (tertiary/aromatic N) is 1. The number of alkyl halides is 6. The molecule has 0 radical (unpaired) electrons. The molecular weight excluding hydrogens is 384 g/mol. The number of halogens is 6. The normalized spacial score (nSPS) is 19.7. The van der Waals surface area contributed by atoms with Crippen molar-refractivity contribution in [2.75, 3.05) is 18.0 Å². The van der Waals surface area contributed by atoms with Crippen LogP contribution in [0.2, 0.25) is 0 Å². The van der Waals surface area contributed by atoms with Crippen molar-refractivity contribution >= 4 is 23.4 Å². The van der Waals surface area contributed by atoms with Crippen LogP contribution in [0, 0.1) is 0 Å². The third-order valence-electron chi connectivity index (χ3n) is 4.12. The first kappa shape index (κ1) is 20.7. The van der Waals surface area contributed by atoms with Crippen molar-refractivity contribution in [3.05, 3.63) is 29.3 Å². The molecule has 0 aliphatic carbocycles. The highest BCUT2D eigenvalue weighted by Gasteiger charge is 2.40. The zero-order valence-electron chi connectivity index (χ0n) is 13.7. The third kappa shape index (κ3) is 4.77. The van der Waals surface area contributed by atoms with Crippen LogP contribution in [0.4, 0.5) is 32.0 Å². The lowest BCUT2D eigenvalue weighted by molar-refractivity contribution is -0.143. The molecule has 1 heterocycles. The second kappa shape index (κ2) is 7.58. The Bertz CT molecular complexity index is 661. The molecule has 1 fully saturated rings. The second-order valence-electron chi connectivity index (χ2n) is 5.96. The SMILES string of the molecule is CCC(SC1CCN(c2ccc(C(F)(F)F)cc2C(F)(F)F)C1)C(=O)O. The van der Waals surface area contributed by atoms with Gasteiger partial charge in [-0.05, 0) is 31.0 Å². The molecule has 2 rings (SSSR count). The molecule has 1 aromatic rings. The van der Waals surface area contributed by atoms with Gasteiger partial charge < -0.3 is 10.0 Å². The number of aliphatic carboxylic acids is 1. The van der Waals surface area contributed by atoms with Crippen molar-refractivity contribution < 1.29 is 36.2 Å². The van der Waals surface area contributed by atoms with Crippen molar-refractivity contribution in [2.24, 2.45) is 0 Å². The van der Waals surface area contributed by atoms with Gasteiger partial charge in [-0.15, -0.1) is 11.8 Å². The Morgan fingerprint density at radius 3 is 2.42 bits per heavy atom. The Labute approximate surface area is 150 Å². The fraction of sp³-hybridized carbons (Fsp3) is 0.562. The van der Waals surface area contributed by atoms with E-state index < -0.39 is 34.7 Å². The number of hydrogen-bond acceptors (Lipinski definition) is 3. The van der Waals surface area contributed by atoms with E-state index in [1.165, 1.54) is 16.7 Å². The topological polar surface area (TPSA) is 40.5 Å². The van der Waals surface area contributed by atoms with Crippen molar-refractivity contribution in [1.29, 1.82) is 0 Å². The minimum atomic E-state index is -4.92. The van der Waals surface area contributed by atoms with E-state index in [2.05, 4.69) is 0 Å². The smallest absolute Gasteiger partial charge is 0.418 e. The van der Waals surface area contributed by atoms with Crippen molar-refractivity contribution in [3.63, 3.8) is 0 Å². The van der Waals surface area contributed by atoms with Gasteiger partial charge in [0.25, 0.3) is 0 Å². The predicted octanol–water partition coefficient (Wildman–Crippen LogP) is 4.90. The summed E-state index contributed by atoms with van der Waals surface area (Å²) < 4.78 is 78.0. The summed E-state index contributed by atoms with van der Waals surface area (Å²) in [6.45, 7) is 2.08. The summed E-state index contributed by atoms with van der Waals surface area (Å²) in [5.74, 6) is -0.985. The molecule has 0 bridgehead atoms. The third-order valence-corrected chi connectivity index (χ3v) is 5.75. The highest BCUT2D eigenvalue weighted by atomic mass is 32.2. The first-order valence-corrected chi connectivity index (χ1v) is 8.79. The average Bonchev–Trinajstić information content (AvgIpc) is 2.98. The van der Waals surface area contributed by atoms with Gasteiger partial charge in [-0.2, -0.15) is 26.3 Å². The molecule has 1 aromatic carbocycles. The summed E-state index contributed by atoms with van der Waals surface area (Å²) in [4.78, 5) is 12.5. The van der Waals surface area contributed by atoms with Crippen LogP contribution in [0.1, 0.15) is 30.9 Å². The van der Waals surface area contributed by atoms with Gasteiger partial charge in [-0.1, -0.05) is 6.92 Å². The van der Waals surface area contributed by atoms with E-state index in [9.17, 15) is 31.1 Å². The standard InChI is InChI=1S/C16H17F6NO2S/c1-2-13(14(24)25)26-10-5-6-23(8-10)12-4-3-9(15(17,18)19)7-11(12)16(20,21)22/h3-4,7,10,13H,2,5-6,8H2,1H3,(H,24,25). The number of anilines is 1. The fourth-order valence-electron chi connectivity index (χ4n) is 2.83. The molecule has 1 aliphatic rings. The van der Waals surface area contributed by atoms with Gasteiger partial charge in [0, 0.05) is 24.0 Å². The molecule has 1 aliphatic heterocycles. The van der Waals surface area contributed by atoms with Crippen LogP contribution < -0.4 is 4.90 Å². The maximum atomic E-state index is 13.3. The van der Waals surface area contributed by atoms with Crippen LogP contribution in [-0.4, -0.2) is 34.7 Å². The second-order valence-corrected chi connectivity index (χ2v) is 7.46. The lowest BCUT2D eigenvalue weighted by Gasteiger charge is -2.24. The summed E-state index contributed by atoms with van der Waals surface area (Å²) in [6.07, 6.45) is -8.94. The molecule has 1 N–H and O–H groups in total. The van der Waals surface area contributed by atoms with Crippen LogP contribution in [0.15, 0.2) is 18.2 Å². The zero-order chi connectivity index (χ0) is 19.7. The van der Waals surface area contributed by atoms with E-state index in [1.54, 1.807) is 6.92 Å². The number of hydrogen-bond donors (Lipinski definition) is 1. The summed E-state index contributed by atoms with van der Waals surface area (Å²) in [7, 11) is 0. The van der Waals surface area contributed by atoms with Crippen molar-refractivity contribution in [3.8, 4) is 0 Å². The summed E-state index contributed by atoms with van der Waals surface area (Å²) in [5, 5.41) is 8.23. The Kier molecular flexibility index (Phi) is 6.04. The van der Waals surface area contributed by atoms with Crippen LogP contribution in [-0.2, 0) is 17.1 Å². The molecular formula is C16H17F6NO2S. The van der Waals surface area contributed by atoms with Crippen LogP contribution in [0.5, 0.6) is 0 Å². The molecule has 2 atom stereocenters. The maximum absolute atomic E-state index is 13.3. The maximum Gasteiger partial charge on any atom is 0.418 e. The average molecular weight is 401 g/mol. The molecule has 3 nitrogen and oxygen atoms in total. The van der Waals surface area contributed by atoms with Crippen LogP contribution >= 0.6 is 11.8 Å². The molecule has 0 spiro atoms. The number of rotatable bonds is 5. The molecule has 10 heteroatoms. The number of carboxylic acids is 1. The van der Waals surface area contributed by atoms with E-state index >= 15 is 0 Å². The number of benzene rings is 1. The molecule has 2 unspecified atom stereocenters. The van der Waals surface area contributed by atoms with E-state index in [4.69, 9.17) is 5.11 Å². The molecule has 0 aromatic heterocycles. The Balaban J connectivity index is 2.25. The van der Waals surface area contributed by atoms with Gasteiger partial charge in [-0.3, -0.25) is 4.79 Å². The predicted molar refractivity (Wildman–Crippen MR) is 86.4 cm³/mol.